The van der Waals surface area contributed by atoms with E-state index >= 15 is 0 Å². The number of likely N-dealkylation sites (tertiary alicyclic amines) is 1. The lowest BCUT2D eigenvalue weighted by Crippen LogP contribution is -2.63. The number of aromatic amines is 1. The summed E-state index contributed by atoms with van der Waals surface area (Å²) in [5.41, 5.74) is 17.7. The Hall–Kier alpha value is -13.6. The third kappa shape index (κ3) is 38.5. The molecule has 0 unspecified atom stereocenters. The van der Waals surface area contributed by atoms with E-state index in [-0.39, 0.29) is 77.0 Å². The summed E-state index contributed by atoms with van der Waals surface area (Å²) in [6, 6.07) is -20.5. The summed E-state index contributed by atoms with van der Waals surface area (Å²) < 4.78 is 0. The highest BCUT2D eigenvalue weighted by atomic mass is 16.4. The minimum atomic E-state index is -1.95. The number of nitrogens with two attached hydrogens (primary N) is 3. The first kappa shape index (κ1) is 119. The van der Waals surface area contributed by atoms with Crippen molar-refractivity contribution < 1.29 is 137 Å². The van der Waals surface area contributed by atoms with Gasteiger partial charge in [-0.05, 0) is 102 Å². The van der Waals surface area contributed by atoms with Crippen molar-refractivity contribution in [2.24, 2.45) is 40.9 Å². The van der Waals surface area contributed by atoms with Gasteiger partial charge in [-0.1, -0.05) is 86.4 Å². The smallest absolute Gasteiger partial charge is 0.326 e. The first-order valence-corrected chi connectivity index (χ1v) is 44.9. The van der Waals surface area contributed by atoms with E-state index in [1.807, 2.05) is 0 Å². The third-order valence-corrected chi connectivity index (χ3v) is 22.4. The van der Waals surface area contributed by atoms with Crippen molar-refractivity contribution in [3.8, 4) is 0 Å². The molecule has 36 N–H and O–H groups in total. The second-order valence-electron chi connectivity index (χ2n) is 34.1. The summed E-state index contributed by atoms with van der Waals surface area (Å²) in [5.74, 6) is -26.2. The summed E-state index contributed by atoms with van der Waals surface area (Å²) in [6.07, 6.45) is -2.23. The van der Waals surface area contributed by atoms with E-state index in [0.29, 0.717) is 22.9 Å². The average molecular weight is 1960 g/mol. The largest absolute Gasteiger partial charge is 0.481 e. The molecule has 0 radical (unpaired) electrons. The second kappa shape index (κ2) is 58.8. The number of carboxylic acid groups (broad SMARTS) is 2. The minimum absolute atomic E-state index is 0.00662. The van der Waals surface area contributed by atoms with Crippen LogP contribution >= 0.6 is 0 Å². The summed E-state index contributed by atoms with van der Waals surface area (Å²) >= 11 is 0. The van der Waals surface area contributed by atoms with Gasteiger partial charge in [0, 0.05) is 43.2 Å². The molecule has 0 spiro atoms. The van der Waals surface area contributed by atoms with Gasteiger partial charge in [0.25, 0.3) is 0 Å². The molecule has 0 bridgehead atoms. The molecule has 18 amide bonds. The van der Waals surface area contributed by atoms with Crippen LogP contribution in [0.1, 0.15) is 146 Å². The monoisotopic (exact) mass is 1960 g/mol. The van der Waals surface area contributed by atoms with Crippen LogP contribution in [0.5, 0.6) is 0 Å². The van der Waals surface area contributed by atoms with Crippen molar-refractivity contribution >= 4 is 141 Å². The molecule has 1 aliphatic rings. The zero-order chi connectivity index (χ0) is 104. The van der Waals surface area contributed by atoms with Crippen LogP contribution < -0.4 is 118 Å². The van der Waals surface area contributed by atoms with Gasteiger partial charge in [-0.15, -0.1) is 0 Å². The normalized spacial score (nSPS) is 16.7. The first-order valence-electron chi connectivity index (χ1n) is 44.9. The number of carboxylic acids is 2. The Morgan fingerprint density at radius 2 is 0.826 bits per heavy atom. The number of amides is 18. The van der Waals surface area contributed by atoms with Crippen LogP contribution in [0.15, 0.2) is 30.5 Å². The topological polar surface area (TPSA) is 877 Å². The van der Waals surface area contributed by atoms with Crippen molar-refractivity contribution in [1.29, 1.82) is 10.8 Å². The summed E-state index contributed by atoms with van der Waals surface area (Å²) in [6.45, 7) is 10.9. The van der Waals surface area contributed by atoms with Gasteiger partial charge in [0.2, 0.25) is 106 Å². The Balaban J connectivity index is 1.64. The first-order chi connectivity index (χ1) is 64.8. The number of guanidine groups is 2. The molecule has 1 aliphatic heterocycles. The highest BCUT2D eigenvalue weighted by Crippen LogP contribution is 2.23. The molecular formula is C84H138N26O28. The highest BCUT2D eigenvalue weighted by molar-refractivity contribution is 6.02. The molecule has 1 aromatic heterocycles. The van der Waals surface area contributed by atoms with Crippen LogP contribution in [-0.2, 0) is 102 Å². The molecule has 0 saturated carbocycles. The number of nitrogens with zero attached hydrogens (tertiary/aromatic N) is 1. The number of rotatable bonds is 60. The van der Waals surface area contributed by atoms with Gasteiger partial charge in [-0.2, -0.15) is 0 Å². The van der Waals surface area contributed by atoms with E-state index in [4.69, 9.17) is 28.0 Å². The van der Waals surface area contributed by atoms with Crippen LogP contribution in [0.4, 0.5) is 0 Å². The number of carbonyl (C=O) groups is 20. The van der Waals surface area contributed by atoms with E-state index in [2.05, 4.69) is 106 Å². The number of aliphatic hydroxyl groups excluding tert-OH is 6. The lowest BCUT2D eigenvalue weighted by Gasteiger charge is -2.31. The fourth-order valence-electron chi connectivity index (χ4n) is 13.9. The molecule has 138 heavy (non-hydrogen) atoms. The summed E-state index contributed by atoms with van der Waals surface area (Å²) in [7, 11) is 0. The number of H-pyrrole nitrogens is 1. The quantitative estimate of drug-likeness (QED) is 0.0166. The van der Waals surface area contributed by atoms with Crippen molar-refractivity contribution in [1.82, 2.24) is 111 Å². The van der Waals surface area contributed by atoms with E-state index in [0.717, 1.165) is 27.7 Å². The lowest BCUT2D eigenvalue weighted by atomic mass is 9.95. The Morgan fingerprint density at radius 3 is 1.31 bits per heavy atom. The van der Waals surface area contributed by atoms with Crippen LogP contribution in [-0.4, -0.2) is 355 Å². The number of aromatic nitrogens is 1. The molecule has 1 saturated heterocycles. The Morgan fingerprint density at radius 1 is 0.435 bits per heavy atom. The van der Waals surface area contributed by atoms with Gasteiger partial charge in [-0.25, -0.2) is 4.79 Å². The van der Waals surface area contributed by atoms with Crippen LogP contribution in [0.2, 0.25) is 0 Å². The Bertz CT molecular complexity index is 4570. The number of hydrogen-bond donors (Lipinski definition) is 33. The van der Waals surface area contributed by atoms with Gasteiger partial charge in [0.1, 0.15) is 103 Å². The van der Waals surface area contributed by atoms with Crippen LogP contribution in [0, 0.1) is 34.5 Å². The van der Waals surface area contributed by atoms with Crippen LogP contribution in [0.25, 0.3) is 10.9 Å². The van der Waals surface area contributed by atoms with E-state index < -0.39 is 309 Å². The molecule has 0 aliphatic carbocycles. The molecule has 2 heterocycles. The number of fused-ring (bicyclic) bond motifs is 1. The average Bonchev–Trinajstić information content (AvgIpc) is 1.65. The van der Waals surface area contributed by atoms with Gasteiger partial charge in [0.15, 0.2) is 11.9 Å². The predicted octanol–water partition coefficient (Wildman–Crippen LogP) is -12.2. The molecule has 21 atom stereocenters. The zero-order valence-electron chi connectivity index (χ0n) is 79.0. The molecule has 3 rings (SSSR count). The summed E-state index contributed by atoms with van der Waals surface area (Å²) in [4.78, 5) is 275. The van der Waals surface area contributed by atoms with Gasteiger partial charge < -0.3 is 169 Å². The zero-order valence-corrected chi connectivity index (χ0v) is 79.0. The van der Waals surface area contributed by atoms with Crippen molar-refractivity contribution in [2.45, 2.75) is 262 Å². The molecule has 54 nitrogen and oxygen atoms in total. The molecule has 1 aromatic carbocycles. The highest BCUT2D eigenvalue weighted by Gasteiger charge is 2.43. The SMILES string of the molecule is CC[C@H](C)[C@H](NC(=O)[C@H](CCCNC(=N)N)NC(=O)[C@@H](NC(=O)[C@H](NC(=O)[C@@H](NC(=O)CNC(=O)[C@H](CC(=O)O)NC(=O)CNC(=O)[C@H](C)NC(=O)[C@@H](NC(=O)[C@@H](NC(=O)[C@H](CO)NC(=O)[C@H](C)NC(=O)[C@@H](CO)NC(=O)[C@H](CO)NC(=O)[C@H](Cc1c[nH]c2ccccc12)NC(=O)[C@@H]1CCCN1C(=O)[C@@H](N)CO)C(C)C)[C@@H](C)O)C(C)C)[C@@H](C)CC)[C@@H](C)O)C(=O)N[C@@H](CCCNC(=N)N)C(=O)O. The molecule has 54 heteroatoms. The van der Waals surface area contributed by atoms with Crippen molar-refractivity contribution in [2.75, 3.05) is 59.2 Å². The predicted molar refractivity (Wildman–Crippen MR) is 490 cm³/mol. The third-order valence-electron chi connectivity index (χ3n) is 22.4. The number of nitrogens with one attached hydrogen (secondary N) is 22. The van der Waals surface area contributed by atoms with E-state index in [1.165, 1.54) is 32.6 Å². The molecule has 772 valence electrons. The maximum atomic E-state index is 14.3. The Kier molecular flexibility index (Phi) is 50.5. The number of para-hydroxylation sites is 1. The number of aliphatic hydroxyl groups is 6. The minimum Gasteiger partial charge on any atom is -0.481 e. The van der Waals surface area contributed by atoms with Gasteiger partial charge in [-0.3, -0.25) is 102 Å². The van der Waals surface area contributed by atoms with Crippen LogP contribution in [0.3, 0.4) is 0 Å². The van der Waals surface area contributed by atoms with Crippen molar-refractivity contribution in [3.05, 3.63) is 36.0 Å². The number of carbonyl (C=O) groups excluding carboxylic acids is 18. The molecule has 2 aromatic rings. The van der Waals surface area contributed by atoms with E-state index in [1.54, 1.807) is 58.2 Å². The van der Waals surface area contributed by atoms with Gasteiger partial charge >= 0.3 is 11.9 Å². The second-order valence-corrected chi connectivity index (χ2v) is 34.1. The number of aliphatic carboxylic acids is 2. The fourth-order valence-corrected chi connectivity index (χ4v) is 13.9. The maximum Gasteiger partial charge on any atom is 0.326 e. The fraction of sp³-hybridized carbons (Fsp3) is 0.643. The standard InChI is InChI=1S/C84H138N26O28/c1-13-39(7)62(77(132)99-50(82(137)138)23-18-26-91-84(88)89)106-69(124)49(22-17-25-90-83(86)87)98-80(135)65(44(12)116)109-78(133)63(40(8)14-2)107-75(130)60(37(3)4)104-58(118)32-94-68(123)52(29-59(119)120)97-57(117)31-93-66(121)41(9)96-79(134)64(43(11)115)108-76(131)61(38(5)6)105-73(128)55(36-114)101-67(122)42(10)95-71(126)53(34-112)103-72(127)54(35-113)102-70(125)51(28-45-30-92-48-21-16-15-20-46(45)48)100-74(129)56-24-19-27-110(56)81(136)47(85)33-111/h15-16,20-21,30,37-44,47,49-56,60-65,92,111-116H,13-14,17-19,22-29,31-36,85H2,1-12H3,(H,93,121)(H,94,123)(H,95,126)(H,96,134)(H,97,117)(H,98,135)(H,99,132)(H,100,129)(H,101,122)(H,102,125)(H,103,127)(H,104,118)(H,105,128)(H,106,124)(H,107,130)(H,108,131)(H,109,133)(H,119,120)(H,137,138)(H4,86,87,90)(H4,88,89,91)/t39-,40-,41-,42-,43+,44+,47-,49-,50-,51-,52-,53+,54-,55-,56-,60-,61-,62-,63+,64-,65-/m0/s1. The lowest BCUT2D eigenvalue weighted by molar-refractivity contribution is -0.143. The molecule has 1 fully saturated rings. The van der Waals surface area contributed by atoms with Gasteiger partial charge in [0.05, 0.1) is 58.1 Å². The summed E-state index contributed by atoms with van der Waals surface area (Å²) in [5, 5.41) is 142. The number of hydrogen-bond acceptors (Lipinski definition) is 29. The molecular weight excluding hydrogens is 1820 g/mol. The number of benzene rings is 1. The maximum absolute atomic E-state index is 14.3. The van der Waals surface area contributed by atoms with E-state index in [9.17, 15) is 137 Å². The van der Waals surface area contributed by atoms with Crippen molar-refractivity contribution in [3.63, 3.8) is 0 Å². The Labute approximate surface area is 794 Å².